The molecule has 1 atom stereocenters. The molecule has 0 radical (unpaired) electrons. The lowest BCUT2D eigenvalue weighted by Gasteiger charge is -2.16. The molecule has 2 amide bonds. The first-order valence-electron chi connectivity index (χ1n) is 7.63. The van der Waals surface area contributed by atoms with Gasteiger partial charge in [0.25, 0.3) is 11.8 Å². The summed E-state index contributed by atoms with van der Waals surface area (Å²) >= 11 is 0. The molecule has 1 fully saturated rings. The number of nitrogens with one attached hydrogen (secondary N) is 2. The van der Waals surface area contributed by atoms with E-state index in [0.29, 0.717) is 35.8 Å². The maximum atomic E-state index is 12.6. The summed E-state index contributed by atoms with van der Waals surface area (Å²) < 4.78 is 5.15. The van der Waals surface area contributed by atoms with Gasteiger partial charge in [-0.15, -0.1) is 0 Å². The molecule has 7 nitrogen and oxygen atoms in total. The van der Waals surface area contributed by atoms with Crippen LogP contribution in [-0.4, -0.2) is 34.5 Å². The third-order valence-corrected chi connectivity index (χ3v) is 3.77. The maximum absolute atomic E-state index is 12.6. The molecule has 7 heteroatoms. The molecular formula is C16H18N4O3. The van der Waals surface area contributed by atoms with Crippen molar-refractivity contribution in [1.82, 2.24) is 20.8 Å². The van der Waals surface area contributed by atoms with Gasteiger partial charge in [0.1, 0.15) is 6.04 Å². The first kappa shape index (κ1) is 15.2. The van der Waals surface area contributed by atoms with E-state index in [2.05, 4.69) is 20.8 Å². The third-order valence-electron chi connectivity index (χ3n) is 3.77. The van der Waals surface area contributed by atoms with Crippen molar-refractivity contribution in [3.8, 4) is 11.5 Å². The molecule has 1 saturated heterocycles. The number of amides is 2. The molecule has 3 rings (SSSR count). The van der Waals surface area contributed by atoms with Gasteiger partial charge in [0.05, 0.1) is 11.1 Å². The van der Waals surface area contributed by atoms with Crippen LogP contribution in [0.3, 0.4) is 0 Å². The van der Waals surface area contributed by atoms with Crippen LogP contribution in [0.2, 0.25) is 0 Å². The van der Waals surface area contributed by atoms with E-state index in [1.807, 2.05) is 0 Å². The third kappa shape index (κ3) is 3.39. The fourth-order valence-corrected chi connectivity index (χ4v) is 2.59. The fraction of sp³-hybridized carbons (Fsp3) is 0.375. The molecule has 1 aliphatic heterocycles. The van der Waals surface area contributed by atoms with Crippen molar-refractivity contribution in [2.75, 3.05) is 6.54 Å². The highest BCUT2D eigenvalue weighted by Gasteiger charge is 2.24. The number of benzene rings is 1. The maximum Gasteiger partial charge on any atom is 0.258 e. The molecular weight excluding hydrogens is 296 g/mol. The highest BCUT2D eigenvalue weighted by atomic mass is 16.5. The summed E-state index contributed by atoms with van der Waals surface area (Å²) in [5, 5.41) is 9.36. The topological polar surface area (TPSA) is 97.1 Å². The van der Waals surface area contributed by atoms with Gasteiger partial charge in [0.2, 0.25) is 5.91 Å². The normalized spacial score (nSPS) is 18.1. The zero-order valence-electron chi connectivity index (χ0n) is 12.8. The Kier molecular flexibility index (Phi) is 4.36. The summed E-state index contributed by atoms with van der Waals surface area (Å²) in [6.45, 7) is 2.37. The van der Waals surface area contributed by atoms with Crippen molar-refractivity contribution >= 4 is 11.8 Å². The van der Waals surface area contributed by atoms with Gasteiger partial charge in [-0.1, -0.05) is 17.3 Å². The lowest BCUT2D eigenvalue weighted by Crippen LogP contribution is -2.45. The second-order valence-corrected chi connectivity index (χ2v) is 5.51. The molecule has 2 aromatic rings. The molecule has 1 aliphatic rings. The average Bonchev–Trinajstić information content (AvgIpc) is 2.89. The number of aryl methyl sites for hydroxylation is 1. The minimum absolute atomic E-state index is 0.137. The zero-order valence-corrected chi connectivity index (χ0v) is 12.8. The SMILES string of the molecule is Cc1noc(-c2ccccc2C(=O)NC2CCCCNC2=O)n1. The van der Waals surface area contributed by atoms with Gasteiger partial charge in [-0.25, -0.2) is 0 Å². The van der Waals surface area contributed by atoms with E-state index in [9.17, 15) is 9.59 Å². The summed E-state index contributed by atoms with van der Waals surface area (Å²) in [4.78, 5) is 28.7. The van der Waals surface area contributed by atoms with Crippen LogP contribution in [0.4, 0.5) is 0 Å². The number of hydrogen-bond acceptors (Lipinski definition) is 5. The minimum Gasteiger partial charge on any atom is -0.354 e. The Morgan fingerprint density at radius 2 is 2.17 bits per heavy atom. The van der Waals surface area contributed by atoms with Crippen molar-refractivity contribution in [2.45, 2.75) is 32.2 Å². The van der Waals surface area contributed by atoms with Gasteiger partial charge >= 0.3 is 0 Å². The van der Waals surface area contributed by atoms with E-state index in [1.165, 1.54) is 0 Å². The lowest BCUT2D eigenvalue weighted by atomic mass is 10.1. The summed E-state index contributed by atoms with van der Waals surface area (Å²) in [6, 6.07) is 6.47. The van der Waals surface area contributed by atoms with Gasteiger partial charge in [0, 0.05) is 6.54 Å². The molecule has 1 aromatic carbocycles. The van der Waals surface area contributed by atoms with Crippen molar-refractivity contribution in [2.24, 2.45) is 0 Å². The number of hydrogen-bond donors (Lipinski definition) is 2. The van der Waals surface area contributed by atoms with Crippen molar-refractivity contribution < 1.29 is 14.1 Å². The summed E-state index contributed by atoms with van der Waals surface area (Å²) in [5.74, 6) is 0.331. The number of aromatic nitrogens is 2. The van der Waals surface area contributed by atoms with E-state index in [-0.39, 0.29) is 11.8 Å². The quantitative estimate of drug-likeness (QED) is 0.893. The number of carbonyl (C=O) groups is 2. The van der Waals surface area contributed by atoms with Crippen LogP contribution in [0.5, 0.6) is 0 Å². The fourth-order valence-electron chi connectivity index (χ4n) is 2.59. The Morgan fingerprint density at radius 1 is 1.35 bits per heavy atom. The van der Waals surface area contributed by atoms with Crippen LogP contribution < -0.4 is 10.6 Å². The zero-order chi connectivity index (χ0) is 16.2. The van der Waals surface area contributed by atoms with Crippen LogP contribution in [0.1, 0.15) is 35.4 Å². The predicted molar refractivity (Wildman–Crippen MR) is 82.6 cm³/mol. The van der Waals surface area contributed by atoms with E-state index >= 15 is 0 Å². The largest absolute Gasteiger partial charge is 0.354 e. The number of carbonyl (C=O) groups excluding carboxylic acids is 2. The van der Waals surface area contributed by atoms with E-state index in [0.717, 1.165) is 12.8 Å². The van der Waals surface area contributed by atoms with E-state index in [4.69, 9.17) is 4.52 Å². The molecule has 120 valence electrons. The monoisotopic (exact) mass is 314 g/mol. The predicted octanol–water partition coefficient (Wildman–Crippen LogP) is 1.44. The highest BCUT2D eigenvalue weighted by Crippen LogP contribution is 2.22. The van der Waals surface area contributed by atoms with E-state index < -0.39 is 6.04 Å². The molecule has 2 N–H and O–H groups in total. The van der Waals surface area contributed by atoms with E-state index in [1.54, 1.807) is 31.2 Å². The Bertz CT molecular complexity index is 726. The Labute approximate surface area is 133 Å². The average molecular weight is 314 g/mol. The first-order valence-corrected chi connectivity index (χ1v) is 7.63. The van der Waals surface area contributed by atoms with Crippen LogP contribution in [0.15, 0.2) is 28.8 Å². The van der Waals surface area contributed by atoms with Crippen molar-refractivity contribution in [3.05, 3.63) is 35.7 Å². The molecule has 0 aliphatic carbocycles. The van der Waals surface area contributed by atoms with Crippen LogP contribution >= 0.6 is 0 Å². The molecule has 2 heterocycles. The molecule has 0 spiro atoms. The highest BCUT2D eigenvalue weighted by molar-refractivity contribution is 6.02. The standard InChI is InChI=1S/C16H18N4O3/c1-10-18-16(23-20-10)12-7-3-2-6-11(12)14(21)19-13-8-4-5-9-17-15(13)22/h2-3,6-7,13H,4-5,8-9H2,1H3,(H,17,22)(H,19,21). The van der Waals surface area contributed by atoms with Gasteiger partial charge < -0.3 is 15.2 Å². The summed E-state index contributed by atoms with van der Waals surface area (Å²) in [7, 11) is 0. The number of rotatable bonds is 3. The van der Waals surface area contributed by atoms with Crippen LogP contribution in [0, 0.1) is 6.92 Å². The summed E-state index contributed by atoms with van der Waals surface area (Å²) in [5.41, 5.74) is 0.966. The van der Waals surface area contributed by atoms with Crippen molar-refractivity contribution in [1.29, 1.82) is 0 Å². The van der Waals surface area contributed by atoms with Gasteiger partial charge in [-0.3, -0.25) is 9.59 Å². The van der Waals surface area contributed by atoms with Gasteiger partial charge in [-0.2, -0.15) is 4.98 Å². The smallest absolute Gasteiger partial charge is 0.258 e. The van der Waals surface area contributed by atoms with Crippen LogP contribution in [0.25, 0.3) is 11.5 Å². The minimum atomic E-state index is -0.512. The number of nitrogens with zero attached hydrogens (tertiary/aromatic N) is 2. The Morgan fingerprint density at radius 3 is 2.96 bits per heavy atom. The van der Waals surface area contributed by atoms with Gasteiger partial charge in [0.15, 0.2) is 5.82 Å². The van der Waals surface area contributed by atoms with Crippen LogP contribution in [-0.2, 0) is 4.79 Å². The summed E-state index contributed by atoms with van der Waals surface area (Å²) in [6.07, 6.45) is 2.46. The lowest BCUT2D eigenvalue weighted by molar-refractivity contribution is -0.122. The Balaban J connectivity index is 1.83. The van der Waals surface area contributed by atoms with Crippen molar-refractivity contribution in [3.63, 3.8) is 0 Å². The first-order chi connectivity index (χ1) is 11.1. The molecule has 1 unspecified atom stereocenters. The molecule has 23 heavy (non-hydrogen) atoms. The second-order valence-electron chi connectivity index (χ2n) is 5.51. The molecule has 0 bridgehead atoms. The Hall–Kier alpha value is -2.70. The van der Waals surface area contributed by atoms with Gasteiger partial charge in [-0.05, 0) is 38.3 Å². The second kappa shape index (κ2) is 6.60. The molecule has 1 aromatic heterocycles. The molecule has 0 saturated carbocycles.